The van der Waals surface area contributed by atoms with E-state index in [-0.39, 0.29) is 21.7 Å². The van der Waals surface area contributed by atoms with Gasteiger partial charge in [-0.15, -0.1) is 11.8 Å². The van der Waals surface area contributed by atoms with Crippen molar-refractivity contribution in [1.82, 2.24) is 0 Å². The highest BCUT2D eigenvalue weighted by Gasteiger charge is 2.18. The lowest BCUT2D eigenvalue weighted by Gasteiger charge is -2.14. The topological polar surface area (TPSA) is 93.7 Å². The Bertz CT molecular complexity index is 1180. The molecule has 0 heterocycles. The van der Waals surface area contributed by atoms with Gasteiger partial charge in [0.1, 0.15) is 11.5 Å². The zero-order chi connectivity index (χ0) is 23.8. The van der Waals surface area contributed by atoms with Gasteiger partial charge in [-0.25, -0.2) is 8.42 Å². The molecule has 9 heteroatoms. The standard InChI is InChI=1S/C24H26N2O5S2/c1-17(32-16-18-7-5-4-6-8-18)24(27)25-19-9-12-21(13-10-19)33(28,29)26-22-15-20(30-2)11-14-23(22)31-3/h4-15,17,26H,16H2,1-3H3,(H,25,27)/t17-/m1/s1. The molecule has 0 unspecified atom stereocenters. The Hall–Kier alpha value is -3.17. The number of methoxy groups -OCH3 is 2. The average molecular weight is 487 g/mol. The fourth-order valence-electron chi connectivity index (χ4n) is 2.93. The highest BCUT2D eigenvalue weighted by Crippen LogP contribution is 2.31. The van der Waals surface area contributed by atoms with Gasteiger partial charge in [-0.3, -0.25) is 9.52 Å². The molecule has 0 aliphatic carbocycles. The molecule has 7 nitrogen and oxygen atoms in total. The Morgan fingerprint density at radius 2 is 1.67 bits per heavy atom. The first-order valence-corrected chi connectivity index (χ1v) is 12.7. The van der Waals surface area contributed by atoms with E-state index in [9.17, 15) is 13.2 Å². The van der Waals surface area contributed by atoms with Crippen LogP contribution < -0.4 is 19.5 Å². The lowest BCUT2D eigenvalue weighted by atomic mass is 10.2. The number of amides is 1. The largest absolute Gasteiger partial charge is 0.497 e. The van der Waals surface area contributed by atoms with Gasteiger partial charge < -0.3 is 14.8 Å². The van der Waals surface area contributed by atoms with E-state index in [1.807, 2.05) is 37.3 Å². The lowest BCUT2D eigenvalue weighted by molar-refractivity contribution is -0.115. The van der Waals surface area contributed by atoms with Gasteiger partial charge in [0, 0.05) is 17.5 Å². The second-order valence-electron chi connectivity index (χ2n) is 7.12. The van der Waals surface area contributed by atoms with Crippen LogP contribution in [0.2, 0.25) is 0 Å². The molecule has 0 aliphatic rings. The van der Waals surface area contributed by atoms with Crippen molar-refractivity contribution >= 4 is 39.1 Å². The van der Waals surface area contributed by atoms with Crippen LogP contribution in [0.15, 0.2) is 77.7 Å². The molecule has 174 valence electrons. The van der Waals surface area contributed by atoms with Gasteiger partial charge in [0.05, 0.1) is 30.1 Å². The van der Waals surface area contributed by atoms with E-state index in [0.29, 0.717) is 17.2 Å². The van der Waals surface area contributed by atoms with Crippen LogP contribution in [0.3, 0.4) is 0 Å². The van der Waals surface area contributed by atoms with E-state index < -0.39 is 10.0 Å². The number of ether oxygens (including phenoxy) is 2. The van der Waals surface area contributed by atoms with Crippen molar-refractivity contribution in [3.63, 3.8) is 0 Å². The maximum absolute atomic E-state index is 12.8. The van der Waals surface area contributed by atoms with Gasteiger partial charge >= 0.3 is 0 Å². The second kappa shape index (κ2) is 11.1. The minimum atomic E-state index is -3.87. The normalized spacial score (nSPS) is 12.0. The van der Waals surface area contributed by atoms with Crippen molar-refractivity contribution in [3.8, 4) is 11.5 Å². The summed E-state index contributed by atoms with van der Waals surface area (Å²) in [4.78, 5) is 12.6. The summed E-state index contributed by atoms with van der Waals surface area (Å²) in [6, 6.07) is 20.8. The zero-order valence-electron chi connectivity index (χ0n) is 18.6. The Morgan fingerprint density at radius 3 is 2.30 bits per heavy atom. The zero-order valence-corrected chi connectivity index (χ0v) is 20.2. The molecule has 0 radical (unpaired) electrons. The first kappa shape index (κ1) is 24.5. The smallest absolute Gasteiger partial charge is 0.262 e. The quantitative estimate of drug-likeness (QED) is 0.429. The third-order valence-electron chi connectivity index (χ3n) is 4.80. The molecule has 1 atom stereocenters. The number of thioether (sulfide) groups is 1. The maximum Gasteiger partial charge on any atom is 0.262 e. The second-order valence-corrected chi connectivity index (χ2v) is 10.1. The SMILES string of the molecule is COc1ccc(OC)c(NS(=O)(=O)c2ccc(NC(=O)[C@@H](C)SCc3ccccc3)cc2)c1. The summed E-state index contributed by atoms with van der Waals surface area (Å²) in [6.07, 6.45) is 0. The predicted octanol–water partition coefficient (Wildman–Crippen LogP) is 4.77. The molecule has 3 rings (SSSR count). The van der Waals surface area contributed by atoms with Crippen LogP contribution in [-0.2, 0) is 20.6 Å². The number of rotatable bonds is 10. The fourth-order valence-corrected chi connectivity index (χ4v) is 4.84. The maximum atomic E-state index is 12.8. The van der Waals surface area contributed by atoms with E-state index in [1.165, 1.54) is 38.1 Å². The molecule has 0 saturated heterocycles. The summed E-state index contributed by atoms with van der Waals surface area (Å²) in [6.45, 7) is 1.84. The van der Waals surface area contributed by atoms with Crippen LogP contribution in [0, 0.1) is 0 Å². The summed E-state index contributed by atoms with van der Waals surface area (Å²) in [5.74, 6) is 1.44. The molecule has 33 heavy (non-hydrogen) atoms. The summed E-state index contributed by atoms with van der Waals surface area (Å²) in [7, 11) is -0.925. The highest BCUT2D eigenvalue weighted by molar-refractivity contribution is 7.99. The van der Waals surface area contributed by atoms with E-state index in [1.54, 1.807) is 30.3 Å². The lowest BCUT2D eigenvalue weighted by Crippen LogP contribution is -2.22. The molecule has 0 fully saturated rings. The number of carbonyl (C=O) groups excluding carboxylic acids is 1. The molecule has 1 amide bonds. The molecular formula is C24H26N2O5S2. The first-order chi connectivity index (χ1) is 15.8. The molecule has 0 saturated carbocycles. The van der Waals surface area contributed by atoms with Gasteiger partial charge in [-0.1, -0.05) is 30.3 Å². The molecule has 0 aromatic heterocycles. The molecule has 3 aromatic carbocycles. The van der Waals surface area contributed by atoms with Crippen LogP contribution in [0.1, 0.15) is 12.5 Å². The number of carbonyl (C=O) groups is 1. The number of anilines is 2. The minimum absolute atomic E-state index is 0.0527. The van der Waals surface area contributed by atoms with Crippen molar-refractivity contribution < 1.29 is 22.7 Å². The third-order valence-corrected chi connectivity index (χ3v) is 7.39. The van der Waals surface area contributed by atoms with E-state index >= 15 is 0 Å². The Kier molecular flexibility index (Phi) is 8.24. The summed E-state index contributed by atoms with van der Waals surface area (Å²) < 4.78 is 38.6. The third kappa shape index (κ3) is 6.66. The van der Waals surface area contributed by atoms with Crippen LogP contribution >= 0.6 is 11.8 Å². The number of benzene rings is 3. The van der Waals surface area contributed by atoms with Crippen LogP contribution in [0.4, 0.5) is 11.4 Å². The molecular weight excluding hydrogens is 460 g/mol. The molecule has 0 bridgehead atoms. The molecule has 0 spiro atoms. The van der Waals surface area contributed by atoms with Crippen molar-refractivity contribution in [2.45, 2.75) is 22.8 Å². The van der Waals surface area contributed by atoms with Gasteiger partial charge in [0.15, 0.2) is 0 Å². The predicted molar refractivity (Wildman–Crippen MR) is 133 cm³/mol. The summed E-state index contributed by atoms with van der Waals surface area (Å²) >= 11 is 1.53. The average Bonchev–Trinajstić information content (AvgIpc) is 2.83. The first-order valence-electron chi connectivity index (χ1n) is 10.1. The van der Waals surface area contributed by atoms with Gasteiger partial charge in [-0.2, -0.15) is 0 Å². The Labute approximate surface area is 198 Å². The van der Waals surface area contributed by atoms with Crippen LogP contribution in [-0.4, -0.2) is 33.8 Å². The number of hydrogen-bond acceptors (Lipinski definition) is 6. The van der Waals surface area contributed by atoms with Crippen molar-refractivity contribution in [2.24, 2.45) is 0 Å². The van der Waals surface area contributed by atoms with E-state index in [2.05, 4.69) is 10.0 Å². The van der Waals surface area contributed by atoms with Crippen molar-refractivity contribution in [1.29, 1.82) is 0 Å². The van der Waals surface area contributed by atoms with E-state index in [0.717, 1.165) is 11.3 Å². The molecule has 3 aromatic rings. The minimum Gasteiger partial charge on any atom is -0.497 e. The fraction of sp³-hybridized carbons (Fsp3) is 0.208. The van der Waals surface area contributed by atoms with Crippen LogP contribution in [0.25, 0.3) is 0 Å². The van der Waals surface area contributed by atoms with Crippen LogP contribution in [0.5, 0.6) is 11.5 Å². The van der Waals surface area contributed by atoms with Gasteiger partial charge in [0.2, 0.25) is 5.91 Å². The number of nitrogens with one attached hydrogen (secondary N) is 2. The van der Waals surface area contributed by atoms with Gasteiger partial charge in [0.25, 0.3) is 10.0 Å². The van der Waals surface area contributed by atoms with E-state index in [4.69, 9.17) is 9.47 Å². The van der Waals surface area contributed by atoms with Crippen molar-refractivity contribution in [2.75, 3.05) is 24.3 Å². The van der Waals surface area contributed by atoms with Gasteiger partial charge in [-0.05, 0) is 48.9 Å². The highest BCUT2D eigenvalue weighted by atomic mass is 32.2. The summed E-state index contributed by atoms with van der Waals surface area (Å²) in [5.41, 5.74) is 1.93. The van der Waals surface area contributed by atoms with Crippen molar-refractivity contribution in [3.05, 3.63) is 78.4 Å². The Balaban J connectivity index is 1.63. The monoisotopic (exact) mass is 486 g/mol. The number of hydrogen-bond donors (Lipinski definition) is 2. The number of sulfonamides is 1. The molecule has 2 N–H and O–H groups in total. The Morgan fingerprint density at radius 1 is 0.970 bits per heavy atom. The molecule has 0 aliphatic heterocycles. The summed E-state index contributed by atoms with van der Waals surface area (Å²) in [5, 5.41) is 2.56.